The van der Waals surface area contributed by atoms with Crippen LogP contribution in [-0.4, -0.2) is 28.8 Å². The Balaban J connectivity index is 3.96. The third-order valence-corrected chi connectivity index (χ3v) is 2.37. The fraction of sp³-hybridized carbons (Fsp3) is 1.00. The van der Waals surface area contributed by atoms with Gasteiger partial charge in [0.15, 0.2) is 0 Å². The predicted octanol–water partition coefficient (Wildman–Crippen LogP) is 0.526. The Bertz CT molecular complexity index is 116. The zero-order chi connectivity index (χ0) is 9.61. The molecule has 3 N–H and O–H groups in total. The van der Waals surface area contributed by atoms with Gasteiger partial charge in [-0.05, 0) is 19.0 Å². The smallest absolute Gasteiger partial charge is 0.225 e. The van der Waals surface area contributed by atoms with Crippen LogP contribution in [0.4, 0.5) is 0 Å². The summed E-state index contributed by atoms with van der Waals surface area (Å²) in [4.78, 5) is 0. The maximum absolute atomic E-state index is 9.54. The summed E-state index contributed by atoms with van der Waals surface area (Å²) in [5, 5.41) is 21.8. The van der Waals surface area contributed by atoms with Crippen molar-refractivity contribution in [1.82, 2.24) is 5.32 Å². The van der Waals surface area contributed by atoms with E-state index in [0.29, 0.717) is 6.54 Å². The molecule has 0 aromatic carbocycles. The lowest BCUT2D eigenvalue weighted by atomic mass is 9.99. The quantitative estimate of drug-likeness (QED) is 0.426. The van der Waals surface area contributed by atoms with E-state index < -0.39 is 5.91 Å². The highest BCUT2D eigenvalue weighted by molar-refractivity contribution is 7.16. The van der Waals surface area contributed by atoms with Crippen LogP contribution in [-0.2, 0) is 0 Å². The lowest BCUT2D eigenvalue weighted by Crippen LogP contribution is -2.51. The molecule has 0 aromatic heterocycles. The summed E-state index contributed by atoms with van der Waals surface area (Å²) in [5.41, 5.74) is 0. The molecule has 0 aliphatic rings. The van der Waals surface area contributed by atoms with E-state index in [0.717, 1.165) is 19.0 Å². The van der Waals surface area contributed by atoms with Gasteiger partial charge >= 0.3 is 0 Å². The van der Waals surface area contributed by atoms with Crippen molar-refractivity contribution in [3.05, 3.63) is 0 Å². The van der Waals surface area contributed by atoms with Gasteiger partial charge in [-0.3, -0.25) is 5.32 Å². The highest BCUT2D eigenvalue weighted by atomic mass is 31.0. The first kappa shape index (κ1) is 12.3. The molecular weight excluding hydrogens is 173 g/mol. The van der Waals surface area contributed by atoms with Crippen LogP contribution in [0.15, 0.2) is 0 Å². The fourth-order valence-corrected chi connectivity index (χ4v) is 1.40. The van der Waals surface area contributed by atoms with Crippen LogP contribution in [0.1, 0.15) is 26.7 Å². The normalized spacial score (nSPS) is 12.5. The van der Waals surface area contributed by atoms with Crippen LogP contribution in [0.25, 0.3) is 0 Å². The van der Waals surface area contributed by atoms with Gasteiger partial charge in [0.05, 0.1) is 0 Å². The number of aliphatic hydroxyl groups is 2. The van der Waals surface area contributed by atoms with Crippen molar-refractivity contribution in [2.45, 2.75) is 32.6 Å². The average Bonchev–Trinajstić information content (AvgIpc) is 2.03. The minimum absolute atomic E-state index is 0.0888. The molecule has 3 nitrogen and oxygen atoms in total. The molecule has 0 aliphatic carbocycles. The Morgan fingerprint density at radius 1 is 1.33 bits per heavy atom. The summed E-state index contributed by atoms with van der Waals surface area (Å²) in [5.74, 6) is -1.78. The second kappa shape index (κ2) is 5.87. The van der Waals surface area contributed by atoms with E-state index >= 15 is 0 Å². The summed E-state index contributed by atoms with van der Waals surface area (Å²) in [7, 11) is 2.54. The minimum Gasteiger partial charge on any atom is -0.353 e. The van der Waals surface area contributed by atoms with Gasteiger partial charge in [0, 0.05) is 12.5 Å². The van der Waals surface area contributed by atoms with Gasteiger partial charge in [-0.25, -0.2) is 0 Å². The molecule has 74 valence electrons. The lowest BCUT2D eigenvalue weighted by Gasteiger charge is -2.30. The molecule has 0 aromatic rings. The Kier molecular flexibility index (Phi) is 6.02. The molecule has 0 amide bonds. The first-order valence-electron chi connectivity index (χ1n) is 4.48. The van der Waals surface area contributed by atoms with Crippen molar-refractivity contribution < 1.29 is 10.2 Å². The number of hydrogen-bond acceptors (Lipinski definition) is 3. The van der Waals surface area contributed by atoms with Crippen molar-refractivity contribution in [2.24, 2.45) is 5.92 Å². The molecule has 1 unspecified atom stereocenters. The lowest BCUT2D eigenvalue weighted by molar-refractivity contribution is -0.223. The summed E-state index contributed by atoms with van der Waals surface area (Å²) in [6.07, 6.45) is 2.36. The second-order valence-corrected chi connectivity index (χ2v) is 3.53. The van der Waals surface area contributed by atoms with Gasteiger partial charge in [0.1, 0.15) is 0 Å². The molecule has 0 radical (unpaired) electrons. The predicted molar refractivity (Wildman–Crippen MR) is 53.8 cm³/mol. The number of hydrogen-bond donors (Lipinski definition) is 3. The molecule has 0 saturated carbocycles. The van der Waals surface area contributed by atoms with Gasteiger partial charge in [-0.15, -0.1) is 9.24 Å². The summed E-state index contributed by atoms with van der Waals surface area (Å²) in [6.45, 7) is 4.52. The average molecular weight is 193 g/mol. The van der Waals surface area contributed by atoms with Crippen molar-refractivity contribution in [3.8, 4) is 0 Å². The van der Waals surface area contributed by atoms with Crippen LogP contribution >= 0.6 is 9.24 Å². The van der Waals surface area contributed by atoms with E-state index in [1.807, 2.05) is 13.8 Å². The van der Waals surface area contributed by atoms with Crippen molar-refractivity contribution >= 4 is 9.24 Å². The standard InChI is InChI=1S/C8H20NO2P/c1-3-7(4-2)8(10,11)9-5-6-12/h7,9-11H,3-6,12H2,1-2H3. The topological polar surface area (TPSA) is 52.5 Å². The molecule has 1 atom stereocenters. The first-order chi connectivity index (χ1) is 5.58. The SMILES string of the molecule is CCC(CC)C(O)(O)NCCP. The largest absolute Gasteiger partial charge is 0.353 e. The second-order valence-electron chi connectivity index (χ2n) is 2.96. The maximum atomic E-state index is 9.54. The van der Waals surface area contributed by atoms with Crippen LogP contribution in [0.3, 0.4) is 0 Å². The van der Waals surface area contributed by atoms with E-state index in [1.165, 1.54) is 0 Å². The van der Waals surface area contributed by atoms with Gasteiger partial charge in [-0.1, -0.05) is 13.8 Å². The van der Waals surface area contributed by atoms with Crippen LogP contribution < -0.4 is 5.32 Å². The fourth-order valence-electron chi connectivity index (χ4n) is 1.26. The molecule has 4 heteroatoms. The summed E-state index contributed by atoms with van der Waals surface area (Å²) >= 11 is 0. The van der Waals surface area contributed by atoms with Gasteiger partial charge in [-0.2, -0.15) is 0 Å². The third kappa shape index (κ3) is 3.81. The summed E-state index contributed by atoms with van der Waals surface area (Å²) < 4.78 is 0. The first-order valence-corrected chi connectivity index (χ1v) is 5.29. The Hall–Kier alpha value is 0.310. The monoisotopic (exact) mass is 193 g/mol. The van der Waals surface area contributed by atoms with Gasteiger partial charge in [0.25, 0.3) is 0 Å². The maximum Gasteiger partial charge on any atom is 0.225 e. The van der Waals surface area contributed by atoms with Crippen LogP contribution in [0.2, 0.25) is 0 Å². The van der Waals surface area contributed by atoms with E-state index in [2.05, 4.69) is 14.6 Å². The molecule has 0 fully saturated rings. The van der Waals surface area contributed by atoms with E-state index in [-0.39, 0.29) is 5.92 Å². The highest BCUT2D eigenvalue weighted by Gasteiger charge is 2.30. The van der Waals surface area contributed by atoms with Crippen molar-refractivity contribution in [1.29, 1.82) is 0 Å². The highest BCUT2D eigenvalue weighted by Crippen LogP contribution is 2.18. The zero-order valence-corrected chi connectivity index (χ0v) is 9.03. The number of rotatable bonds is 6. The van der Waals surface area contributed by atoms with Crippen molar-refractivity contribution in [3.63, 3.8) is 0 Å². The van der Waals surface area contributed by atoms with E-state index in [4.69, 9.17) is 0 Å². The molecule has 0 spiro atoms. The molecule has 0 aliphatic heterocycles. The van der Waals surface area contributed by atoms with Crippen molar-refractivity contribution in [2.75, 3.05) is 12.7 Å². The number of nitrogens with one attached hydrogen (secondary N) is 1. The molecule has 0 saturated heterocycles. The zero-order valence-electron chi connectivity index (χ0n) is 7.88. The minimum atomic E-state index is -1.69. The van der Waals surface area contributed by atoms with Crippen LogP contribution in [0, 0.1) is 5.92 Å². The van der Waals surface area contributed by atoms with Gasteiger partial charge < -0.3 is 10.2 Å². The molecular formula is C8H20NO2P. The van der Waals surface area contributed by atoms with Crippen LogP contribution in [0.5, 0.6) is 0 Å². The Labute approximate surface area is 76.8 Å². The third-order valence-electron chi connectivity index (χ3n) is 2.08. The Morgan fingerprint density at radius 3 is 2.17 bits per heavy atom. The molecule has 0 heterocycles. The Morgan fingerprint density at radius 2 is 1.83 bits per heavy atom. The molecule has 12 heavy (non-hydrogen) atoms. The van der Waals surface area contributed by atoms with Gasteiger partial charge in [0.2, 0.25) is 5.91 Å². The molecule has 0 bridgehead atoms. The van der Waals surface area contributed by atoms with E-state index in [9.17, 15) is 10.2 Å². The van der Waals surface area contributed by atoms with E-state index in [1.54, 1.807) is 0 Å². The molecule has 0 rings (SSSR count). The summed E-state index contributed by atoms with van der Waals surface area (Å²) in [6, 6.07) is 0.